The van der Waals surface area contributed by atoms with Crippen LogP contribution < -0.4 is 5.32 Å². The Balaban J connectivity index is 3.73. The molecule has 302 valence electrons. The maximum Gasteiger partial charge on any atom is 0.472 e. The number of phosphoric ester groups is 1. The van der Waals surface area contributed by atoms with Gasteiger partial charge in [0.05, 0.1) is 13.2 Å². The van der Waals surface area contributed by atoms with Crippen LogP contribution in [0.15, 0.2) is 85.1 Å². The standard InChI is InChI=1S/C43H72NO8P/c1-3-5-7-9-11-13-15-17-18-19-20-21-22-24-25-27-29-31-33-35-42(46)44-37-38-51-53(48,49)52-40-41(45)39-50-43(47)36-34-32-30-28-26-23-16-14-12-10-8-6-4-2/h6,8,11-14,17-18,20-21,23-26,41,45H,3-5,7,9-10,15-16,19,22,27-40H2,1-2H3,(H,44,46)(H,48,49)/b8-6-,13-11-,14-12-,18-17-,21-20-,25-24-,26-23-. The summed E-state index contributed by atoms with van der Waals surface area (Å²) in [6.07, 6.45) is 48.0. The van der Waals surface area contributed by atoms with Crippen LogP contribution in [0.4, 0.5) is 0 Å². The maximum absolute atomic E-state index is 12.1. The van der Waals surface area contributed by atoms with Crippen LogP contribution in [0.1, 0.15) is 142 Å². The van der Waals surface area contributed by atoms with Crippen LogP contribution in [0, 0.1) is 0 Å². The maximum atomic E-state index is 12.1. The first-order valence-electron chi connectivity index (χ1n) is 20.1. The first-order valence-corrected chi connectivity index (χ1v) is 21.6. The van der Waals surface area contributed by atoms with Gasteiger partial charge in [0.15, 0.2) is 0 Å². The van der Waals surface area contributed by atoms with E-state index in [0.717, 1.165) is 83.5 Å². The third-order valence-corrected chi connectivity index (χ3v) is 8.79. The molecule has 0 aromatic rings. The number of nitrogens with one attached hydrogen (secondary N) is 1. The zero-order valence-corrected chi connectivity index (χ0v) is 33.8. The molecule has 3 N–H and O–H groups in total. The van der Waals surface area contributed by atoms with Crippen LogP contribution in [0.5, 0.6) is 0 Å². The normalized spacial score (nSPS) is 14.3. The fourth-order valence-corrected chi connectivity index (χ4v) is 5.54. The predicted molar refractivity (Wildman–Crippen MR) is 219 cm³/mol. The molecular weight excluding hydrogens is 689 g/mol. The molecule has 0 aromatic heterocycles. The summed E-state index contributed by atoms with van der Waals surface area (Å²) in [5, 5.41) is 12.6. The van der Waals surface area contributed by atoms with Gasteiger partial charge in [0.25, 0.3) is 0 Å². The monoisotopic (exact) mass is 761 g/mol. The molecule has 0 aliphatic rings. The van der Waals surface area contributed by atoms with E-state index in [1.165, 1.54) is 25.7 Å². The number of hydrogen-bond acceptors (Lipinski definition) is 7. The Morgan fingerprint density at radius 3 is 1.58 bits per heavy atom. The average molecular weight is 762 g/mol. The summed E-state index contributed by atoms with van der Waals surface area (Å²) < 4.78 is 26.8. The molecule has 1 amide bonds. The van der Waals surface area contributed by atoms with Crippen LogP contribution in [-0.2, 0) is 27.9 Å². The molecule has 0 fully saturated rings. The number of phosphoric acid groups is 1. The minimum atomic E-state index is -4.43. The van der Waals surface area contributed by atoms with Crippen molar-refractivity contribution in [1.29, 1.82) is 0 Å². The van der Waals surface area contributed by atoms with Crippen molar-refractivity contribution in [1.82, 2.24) is 5.32 Å². The minimum Gasteiger partial charge on any atom is -0.463 e. The lowest BCUT2D eigenvalue weighted by Gasteiger charge is -2.15. The molecular formula is C43H72NO8P. The van der Waals surface area contributed by atoms with E-state index >= 15 is 0 Å². The molecule has 9 nitrogen and oxygen atoms in total. The molecule has 0 bridgehead atoms. The summed E-state index contributed by atoms with van der Waals surface area (Å²) in [7, 11) is -4.43. The second-order valence-electron chi connectivity index (χ2n) is 12.9. The van der Waals surface area contributed by atoms with Crippen molar-refractivity contribution in [2.24, 2.45) is 0 Å². The van der Waals surface area contributed by atoms with Crippen LogP contribution >= 0.6 is 7.82 Å². The molecule has 0 aliphatic carbocycles. The Labute approximate surface area is 322 Å². The average Bonchev–Trinajstić information content (AvgIpc) is 3.14. The molecule has 0 rings (SSSR count). The number of aliphatic hydroxyl groups is 1. The first-order chi connectivity index (χ1) is 25.8. The summed E-state index contributed by atoms with van der Waals surface area (Å²) in [4.78, 5) is 33.8. The van der Waals surface area contributed by atoms with Crippen molar-refractivity contribution in [3.8, 4) is 0 Å². The van der Waals surface area contributed by atoms with E-state index in [4.69, 9.17) is 13.8 Å². The van der Waals surface area contributed by atoms with Crippen LogP contribution in [0.25, 0.3) is 0 Å². The highest BCUT2D eigenvalue weighted by atomic mass is 31.2. The van der Waals surface area contributed by atoms with E-state index in [2.05, 4.69) is 104 Å². The van der Waals surface area contributed by atoms with E-state index in [0.29, 0.717) is 12.8 Å². The van der Waals surface area contributed by atoms with Gasteiger partial charge in [0.1, 0.15) is 12.7 Å². The second kappa shape index (κ2) is 38.9. The lowest BCUT2D eigenvalue weighted by atomic mass is 10.1. The Morgan fingerprint density at radius 1 is 0.604 bits per heavy atom. The van der Waals surface area contributed by atoms with E-state index in [1.807, 2.05) is 0 Å². The minimum absolute atomic E-state index is 0.0555. The lowest BCUT2D eigenvalue weighted by molar-refractivity contribution is -0.147. The third kappa shape index (κ3) is 40.2. The van der Waals surface area contributed by atoms with Crippen LogP contribution in [0.2, 0.25) is 0 Å². The summed E-state index contributed by atoms with van der Waals surface area (Å²) in [5.74, 6) is -0.587. The number of allylic oxidation sites excluding steroid dienone is 14. The Kier molecular flexibility index (Phi) is 36.8. The van der Waals surface area contributed by atoms with Gasteiger partial charge in [-0.2, -0.15) is 0 Å². The summed E-state index contributed by atoms with van der Waals surface area (Å²) in [6.45, 7) is 3.30. The van der Waals surface area contributed by atoms with Crippen molar-refractivity contribution in [2.75, 3.05) is 26.4 Å². The summed E-state index contributed by atoms with van der Waals surface area (Å²) in [6, 6.07) is 0. The topological polar surface area (TPSA) is 131 Å². The number of unbranched alkanes of at least 4 members (excludes halogenated alkanes) is 9. The number of amides is 1. The highest BCUT2D eigenvalue weighted by molar-refractivity contribution is 7.47. The number of rotatable bonds is 36. The number of ether oxygens (including phenoxy) is 1. The molecule has 10 heteroatoms. The fraction of sp³-hybridized carbons (Fsp3) is 0.628. The van der Waals surface area contributed by atoms with Gasteiger partial charge in [0.2, 0.25) is 5.91 Å². The van der Waals surface area contributed by atoms with Crippen molar-refractivity contribution < 1.29 is 37.9 Å². The number of carbonyl (C=O) groups is 2. The molecule has 2 atom stereocenters. The van der Waals surface area contributed by atoms with E-state index in [-0.39, 0.29) is 32.1 Å². The molecule has 0 aromatic carbocycles. The number of esters is 1. The fourth-order valence-electron chi connectivity index (χ4n) is 4.79. The highest BCUT2D eigenvalue weighted by Crippen LogP contribution is 2.42. The molecule has 0 aliphatic heterocycles. The van der Waals surface area contributed by atoms with Crippen molar-refractivity contribution >= 4 is 19.7 Å². The van der Waals surface area contributed by atoms with Gasteiger partial charge >= 0.3 is 13.8 Å². The van der Waals surface area contributed by atoms with Gasteiger partial charge < -0.3 is 20.1 Å². The lowest BCUT2D eigenvalue weighted by Crippen LogP contribution is -2.27. The molecule has 2 unspecified atom stereocenters. The van der Waals surface area contributed by atoms with Gasteiger partial charge in [-0.15, -0.1) is 0 Å². The van der Waals surface area contributed by atoms with Gasteiger partial charge in [-0.1, -0.05) is 125 Å². The van der Waals surface area contributed by atoms with Crippen LogP contribution in [0.3, 0.4) is 0 Å². The Bertz CT molecular complexity index is 1140. The molecule has 0 saturated carbocycles. The third-order valence-electron chi connectivity index (χ3n) is 7.81. The Hall–Kier alpha value is -2.81. The van der Waals surface area contributed by atoms with Crippen molar-refractivity contribution in [3.63, 3.8) is 0 Å². The highest BCUT2D eigenvalue weighted by Gasteiger charge is 2.23. The quantitative estimate of drug-likeness (QED) is 0.0249. The molecule has 0 spiro atoms. The second-order valence-corrected chi connectivity index (χ2v) is 14.3. The Morgan fingerprint density at radius 2 is 1.08 bits per heavy atom. The largest absolute Gasteiger partial charge is 0.472 e. The summed E-state index contributed by atoms with van der Waals surface area (Å²) in [5.41, 5.74) is 0. The van der Waals surface area contributed by atoms with E-state index in [1.54, 1.807) is 0 Å². The number of hydrogen-bond donors (Lipinski definition) is 3. The molecule has 0 radical (unpaired) electrons. The predicted octanol–water partition coefficient (Wildman–Crippen LogP) is 10.9. The van der Waals surface area contributed by atoms with Crippen molar-refractivity contribution in [2.45, 2.75) is 148 Å². The number of aliphatic hydroxyl groups excluding tert-OH is 1. The van der Waals surface area contributed by atoms with Gasteiger partial charge in [0, 0.05) is 19.4 Å². The molecule has 0 heterocycles. The molecule has 0 saturated heterocycles. The zero-order valence-electron chi connectivity index (χ0n) is 32.9. The first kappa shape index (κ1) is 50.2. The SMILES string of the molecule is CC/C=C\C/C=C\C/C=C\CCCCCC(=O)OCC(O)COP(=O)(O)OCCNC(=O)CCCCC/C=C\C/C=C\C/C=C\C/C=C\CCCCC. The van der Waals surface area contributed by atoms with E-state index in [9.17, 15) is 24.2 Å². The van der Waals surface area contributed by atoms with E-state index < -0.39 is 26.5 Å². The molecule has 53 heavy (non-hydrogen) atoms. The number of carbonyl (C=O) groups excluding carboxylic acids is 2. The van der Waals surface area contributed by atoms with Crippen LogP contribution in [-0.4, -0.2) is 54.3 Å². The van der Waals surface area contributed by atoms with Gasteiger partial charge in [-0.3, -0.25) is 18.6 Å². The smallest absolute Gasteiger partial charge is 0.463 e. The zero-order chi connectivity index (χ0) is 38.9. The summed E-state index contributed by atoms with van der Waals surface area (Å²) >= 11 is 0. The van der Waals surface area contributed by atoms with Gasteiger partial charge in [-0.25, -0.2) is 4.57 Å². The van der Waals surface area contributed by atoms with Gasteiger partial charge in [-0.05, 0) is 89.9 Å². The van der Waals surface area contributed by atoms with Crippen molar-refractivity contribution in [3.05, 3.63) is 85.1 Å².